The minimum atomic E-state index is -4.30. The van der Waals surface area contributed by atoms with Crippen LogP contribution in [0.2, 0.25) is 0 Å². The lowest BCUT2D eigenvalue weighted by Gasteiger charge is -2.41. The lowest BCUT2D eigenvalue weighted by Crippen LogP contribution is -2.49. The van der Waals surface area contributed by atoms with Crippen LogP contribution < -0.4 is 0 Å². The van der Waals surface area contributed by atoms with Crippen molar-refractivity contribution in [3.8, 4) is 0 Å². The number of aromatic nitrogens is 1. The average molecular weight is 579 g/mol. The summed E-state index contributed by atoms with van der Waals surface area (Å²) in [6.45, 7) is 3.62. The molecule has 1 aliphatic heterocycles. The molecule has 10 heteroatoms. The molecule has 0 unspecified atom stereocenters. The average Bonchev–Trinajstić information content (AvgIpc) is 3.24. The molecular formula is C31H31FN2O6S. The highest BCUT2D eigenvalue weighted by atomic mass is 32.2. The molecule has 0 saturated heterocycles. The molecule has 41 heavy (non-hydrogen) atoms. The number of ether oxygens (including phenoxy) is 2. The minimum absolute atomic E-state index is 0.00219. The SMILES string of the molecule is COC(=O)C(C(=O)OC)[C@@H]1c2c(c3cc(C)ccc3n2C)[C@H](c2cccc(F)c2)CN1S(=O)(=O)c1ccc(C)cc1. The van der Waals surface area contributed by atoms with Gasteiger partial charge in [0.05, 0.1) is 25.2 Å². The highest BCUT2D eigenvalue weighted by Gasteiger charge is 2.52. The Bertz CT molecular complexity index is 1750. The van der Waals surface area contributed by atoms with Crippen molar-refractivity contribution in [3.05, 3.63) is 100 Å². The van der Waals surface area contributed by atoms with Gasteiger partial charge in [-0.2, -0.15) is 4.31 Å². The van der Waals surface area contributed by atoms with E-state index in [4.69, 9.17) is 9.47 Å². The molecule has 214 valence electrons. The number of benzene rings is 3. The Kier molecular flexibility index (Phi) is 7.48. The Morgan fingerprint density at radius 3 is 2.17 bits per heavy atom. The fourth-order valence-electron chi connectivity index (χ4n) is 5.87. The van der Waals surface area contributed by atoms with Crippen LogP contribution in [0.5, 0.6) is 0 Å². The van der Waals surface area contributed by atoms with E-state index >= 15 is 0 Å². The van der Waals surface area contributed by atoms with E-state index in [1.807, 2.05) is 32.0 Å². The molecule has 0 N–H and O–H groups in total. The number of fused-ring (bicyclic) bond motifs is 3. The Morgan fingerprint density at radius 1 is 0.927 bits per heavy atom. The summed E-state index contributed by atoms with van der Waals surface area (Å²) in [6.07, 6.45) is 0. The molecule has 0 spiro atoms. The van der Waals surface area contributed by atoms with Crippen molar-refractivity contribution in [3.63, 3.8) is 0 Å². The summed E-state index contributed by atoms with van der Waals surface area (Å²) in [7, 11) is -0.258. The molecule has 8 nitrogen and oxygen atoms in total. The monoisotopic (exact) mass is 578 g/mol. The normalized spacial score (nSPS) is 17.4. The molecule has 0 bridgehead atoms. The van der Waals surface area contributed by atoms with Crippen LogP contribution in [0.25, 0.3) is 10.9 Å². The minimum Gasteiger partial charge on any atom is -0.468 e. The number of carbonyl (C=O) groups is 2. The predicted octanol–water partition coefficient (Wildman–Crippen LogP) is 4.77. The van der Waals surface area contributed by atoms with Crippen molar-refractivity contribution in [2.24, 2.45) is 13.0 Å². The van der Waals surface area contributed by atoms with E-state index in [0.717, 1.165) is 41.8 Å². The molecule has 2 heterocycles. The quantitative estimate of drug-likeness (QED) is 0.242. The molecular weight excluding hydrogens is 547 g/mol. The number of carbonyl (C=O) groups excluding carboxylic acids is 2. The first-order valence-electron chi connectivity index (χ1n) is 13.1. The second kappa shape index (κ2) is 10.8. The van der Waals surface area contributed by atoms with Crippen molar-refractivity contribution in [2.75, 3.05) is 20.8 Å². The van der Waals surface area contributed by atoms with Crippen LogP contribution >= 0.6 is 0 Å². The molecule has 0 fully saturated rings. The van der Waals surface area contributed by atoms with Gasteiger partial charge < -0.3 is 14.0 Å². The maximum atomic E-state index is 14.6. The van der Waals surface area contributed by atoms with E-state index in [1.54, 1.807) is 35.9 Å². The summed E-state index contributed by atoms with van der Waals surface area (Å²) in [5.41, 5.74) is 4.32. The van der Waals surface area contributed by atoms with Gasteiger partial charge in [-0.25, -0.2) is 12.8 Å². The van der Waals surface area contributed by atoms with E-state index < -0.39 is 45.7 Å². The highest BCUT2D eigenvalue weighted by Crippen LogP contribution is 2.49. The van der Waals surface area contributed by atoms with E-state index in [1.165, 1.54) is 28.6 Å². The van der Waals surface area contributed by atoms with E-state index in [2.05, 4.69) is 0 Å². The number of aryl methyl sites for hydroxylation is 3. The van der Waals surface area contributed by atoms with Crippen LogP contribution in [0.4, 0.5) is 4.39 Å². The van der Waals surface area contributed by atoms with Crippen LogP contribution in [0.1, 0.15) is 39.9 Å². The van der Waals surface area contributed by atoms with Gasteiger partial charge in [-0.15, -0.1) is 0 Å². The van der Waals surface area contributed by atoms with Gasteiger partial charge >= 0.3 is 11.9 Å². The van der Waals surface area contributed by atoms with Crippen molar-refractivity contribution in [1.82, 2.24) is 8.87 Å². The summed E-state index contributed by atoms with van der Waals surface area (Å²) in [5.74, 6) is -4.55. The number of esters is 2. The van der Waals surface area contributed by atoms with E-state index in [0.29, 0.717) is 11.3 Å². The standard InChI is InChI=1S/C31H31FN2O6S/c1-18-9-12-22(13-10-18)41(37,38)34-17-24(20-7-6-8-21(32)16-20)26-23-15-19(2)11-14-25(23)33(3)28(26)29(34)27(30(35)39-4)31(36)40-5/h6-16,24,27,29H,17H2,1-5H3/t24-,29+/m0/s1. The van der Waals surface area contributed by atoms with Gasteiger partial charge in [0, 0.05) is 36.1 Å². The predicted molar refractivity (Wildman–Crippen MR) is 151 cm³/mol. The maximum Gasteiger partial charge on any atom is 0.322 e. The van der Waals surface area contributed by atoms with Crippen LogP contribution in [-0.2, 0) is 36.1 Å². The molecule has 1 aromatic heterocycles. The molecule has 0 aliphatic carbocycles. The lowest BCUT2D eigenvalue weighted by atomic mass is 9.81. The molecule has 1 aliphatic rings. The largest absolute Gasteiger partial charge is 0.468 e. The van der Waals surface area contributed by atoms with Gasteiger partial charge in [-0.1, -0.05) is 41.5 Å². The molecule has 0 amide bonds. The van der Waals surface area contributed by atoms with Gasteiger partial charge in [0.2, 0.25) is 10.0 Å². The van der Waals surface area contributed by atoms with Gasteiger partial charge in [0.15, 0.2) is 5.92 Å². The smallest absolute Gasteiger partial charge is 0.322 e. The van der Waals surface area contributed by atoms with Gasteiger partial charge in [0.1, 0.15) is 5.82 Å². The third-order valence-electron chi connectivity index (χ3n) is 7.85. The van der Waals surface area contributed by atoms with Crippen molar-refractivity contribution >= 4 is 32.9 Å². The molecule has 0 saturated carbocycles. The number of hydrogen-bond donors (Lipinski definition) is 0. The van der Waals surface area contributed by atoms with Crippen molar-refractivity contribution in [2.45, 2.75) is 30.7 Å². The zero-order chi connectivity index (χ0) is 29.6. The van der Waals surface area contributed by atoms with Crippen molar-refractivity contribution in [1.29, 1.82) is 0 Å². The summed E-state index contributed by atoms with van der Waals surface area (Å²) < 4.78 is 56.4. The first-order valence-corrected chi connectivity index (χ1v) is 14.5. The molecule has 5 rings (SSSR count). The number of rotatable bonds is 6. The van der Waals surface area contributed by atoms with Crippen LogP contribution in [0.15, 0.2) is 71.6 Å². The van der Waals surface area contributed by atoms with E-state index in [-0.39, 0.29) is 11.4 Å². The number of hydrogen-bond acceptors (Lipinski definition) is 6. The van der Waals surface area contributed by atoms with E-state index in [9.17, 15) is 22.4 Å². The number of sulfonamides is 1. The maximum absolute atomic E-state index is 14.6. The van der Waals surface area contributed by atoms with Crippen LogP contribution in [-0.4, -0.2) is 50.0 Å². The molecule has 3 aromatic carbocycles. The second-order valence-electron chi connectivity index (χ2n) is 10.3. The fraction of sp³-hybridized carbons (Fsp3) is 0.290. The molecule has 0 radical (unpaired) electrons. The lowest BCUT2D eigenvalue weighted by molar-refractivity contribution is -0.161. The topological polar surface area (TPSA) is 94.9 Å². The molecule has 2 atom stereocenters. The Morgan fingerprint density at radius 2 is 1.56 bits per heavy atom. The summed E-state index contributed by atoms with van der Waals surface area (Å²) in [4.78, 5) is 26.5. The summed E-state index contributed by atoms with van der Waals surface area (Å²) in [6, 6.07) is 16.9. The Hall–Kier alpha value is -4.02. The van der Waals surface area contributed by atoms with Gasteiger partial charge in [0.25, 0.3) is 0 Å². The summed E-state index contributed by atoms with van der Waals surface area (Å²) in [5, 5.41) is 0.822. The van der Waals surface area contributed by atoms with Crippen LogP contribution in [0, 0.1) is 25.6 Å². The highest BCUT2D eigenvalue weighted by molar-refractivity contribution is 7.89. The number of nitrogens with zero attached hydrogens (tertiary/aromatic N) is 2. The van der Waals surface area contributed by atoms with Gasteiger partial charge in [-0.3, -0.25) is 9.59 Å². The zero-order valence-electron chi connectivity index (χ0n) is 23.4. The molecule has 4 aromatic rings. The third-order valence-corrected chi connectivity index (χ3v) is 9.71. The first kappa shape index (κ1) is 28.5. The third kappa shape index (κ3) is 4.81. The second-order valence-corrected chi connectivity index (χ2v) is 12.2. The fourth-order valence-corrected chi connectivity index (χ4v) is 7.49. The van der Waals surface area contributed by atoms with Gasteiger partial charge in [-0.05, 0) is 61.4 Å². The Labute approximate surface area is 238 Å². The van der Waals surface area contributed by atoms with Crippen LogP contribution in [0.3, 0.4) is 0 Å². The van der Waals surface area contributed by atoms with Crippen molar-refractivity contribution < 1.29 is 31.9 Å². The number of methoxy groups -OCH3 is 2. The number of halogens is 1. The first-order chi connectivity index (χ1) is 19.5. The summed E-state index contributed by atoms with van der Waals surface area (Å²) >= 11 is 0. The Balaban J connectivity index is 1.89. The zero-order valence-corrected chi connectivity index (χ0v) is 24.2.